The molecule has 0 unspecified atom stereocenters. The number of fused-ring (bicyclic) bond motifs is 1. The van der Waals surface area contributed by atoms with Crippen LogP contribution in [-0.2, 0) is 6.54 Å². The third kappa shape index (κ3) is 2.10. The summed E-state index contributed by atoms with van der Waals surface area (Å²) in [5.74, 6) is -0.251. The number of ether oxygens (including phenoxy) is 1. The zero-order chi connectivity index (χ0) is 10.8. The molecule has 0 aliphatic carbocycles. The molecule has 1 heterocycles. The van der Waals surface area contributed by atoms with Crippen LogP contribution in [0.15, 0.2) is 18.2 Å². The van der Waals surface area contributed by atoms with Gasteiger partial charge in [-0.1, -0.05) is 6.07 Å². The van der Waals surface area contributed by atoms with Gasteiger partial charge in [0, 0.05) is 18.7 Å². The van der Waals surface area contributed by atoms with Gasteiger partial charge in [0.1, 0.15) is 11.9 Å². The third-order valence-corrected chi connectivity index (χ3v) is 2.39. The number of nitrogens with one attached hydrogen (secondary N) is 1. The van der Waals surface area contributed by atoms with Crippen LogP contribution in [0.2, 0.25) is 0 Å². The molecule has 2 N–H and O–H groups in total. The molecule has 0 fully saturated rings. The molecule has 4 heteroatoms. The molecule has 2 rings (SSSR count). The number of rotatable bonds is 1. The number of hydrogen-bond acceptors (Lipinski definition) is 3. The van der Waals surface area contributed by atoms with Gasteiger partial charge in [-0.05, 0) is 19.1 Å². The zero-order valence-electron chi connectivity index (χ0n) is 8.49. The summed E-state index contributed by atoms with van der Waals surface area (Å²) in [6.45, 7) is 3.45. The number of benzene rings is 1. The van der Waals surface area contributed by atoms with E-state index in [1.807, 2.05) is 6.92 Å². The summed E-state index contributed by atoms with van der Waals surface area (Å²) in [7, 11) is 0. The van der Waals surface area contributed by atoms with Crippen LogP contribution in [0.4, 0.5) is 0 Å². The van der Waals surface area contributed by atoms with Gasteiger partial charge in [0.2, 0.25) is 0 Å². The molecule has 1 aromatic rings. The lowest BCUT2D eigenvalue weighted by molar-refractivity contribution is 0.0696. The summed E-state index contributed by atoms with van der Waals surface area (Å²) < 4.78 is 5.62. The van der Waals surface area contributed by atoms with E-state index in [1.54, 1.807) is 18.2 Å². The highest BCUT2D eigenvalue weighted by Gasteiger charge is 2.15. The fourth-order valence-electron chi connectivity index (χ4n) is 1.61. The quantitative estimate of drug-likeness (QED) is 0.727. The van der Waals surface area contributed by atoms with Gasteiger partial charge in [-0.3, -0.25) is 0 Å². The Morgan fingerprint density at radius 3 is 3.13 bits per heavy atom. The standard InChI is InChI=1S/C11H13NO3/c1-7-5-12-6-9-3-2-8(11(13)14)4-10(9)15-7/h2-4,7,12H,5-6H2,1H3,(H,13,14)/t7-/m0/s1. The first-order chi connectivity index (χ1) is 7.16. The zero-order valence-corrected chi connectivity index (χ0v) is 8.49. The van der Waals surface area contributed by atoms with Crippen molar-refractivity contribution in [3.8, 4) is 5.75 Å². The summed E-state index contributed by atoms with van der Waals surface area (Å²) in [4.78, 5) is 10.8. The van der Waals surface area contributed by atoms with E-state index < -0.39 is 5.97 Å². The molecule has 0 aromatic heterocycles. The lowest BCUT2D eigenvalue weighted by Gasteiger charge is -2.12. The van der Waals surface area contributed by atoms with E-state index in [0.29, 0.717) is 5.75 Å². The molecule has 0 saturated carbocycles. The number of carbonyl (C=O) groups is 1. The first-order valence-electron chi connectivity index (χ1n) is 4.90. The highest BCUT2D eigenvalue weighted by molar-refractivity contribution is 5.88. The van der Waals surface area contributed by atoms with Crippen LogP contribution in [0.5, 0.6) is 5.75 Å². The van der Waals surface area contributed by atoms with E-state index in [9.17, 15) is 4.79 Å². The average Bonchev–Trinajstić information content (AvgIpc) is 2.37. The minimum Gasteiger partial charge on any atom is -0.489 e. The third-order valence-electron chi connectivity index (χ3n) is 2.39. The van der Waals surface area contributed by atoms with Gasteiger partial charge in [0.25, 0.3) is 0 Å². The Kier molecular flexibility index (Phi) is 2.60. The van der Waals surface area contributed by atoms with Gasteiger partial charge in [0.05, 0.1) is 5.56 Å². The lowest BCUT2D eigenvalue weighted by atomic mass is 10.1. The molecule has 1 atom stereocenters. The van der Waals surface area contributed by atoms with Crippen molar-refractivity contribution < 1.29 is 14.6 Å². The molecule has 0 bridgehead atoms. The molecule has 80 valence electrons. The number of carboxylic acid groups (broad SMARTS) is 1. The smallest absolute Gasteiger partial charge is 0.335 e. The summed E-state index contributed by atoms with van der Waals surface area (Å²) >= 11 is 0. The van der Waals surface area contributed by atoms with Gasteiger partial charge < -0.3 is 15.2 Å². The fourth-order valence-corrected chi connectivity index (χ4v) is 1.61. The summed E-state index contributed by atoms with van der Waals surface area (Å²) in [5.41, 5.74) is 1.27. The van der Waals surface area contributed by atoms with E-state index in [0.717, 1.165) is 18.7 Å². The second-order valence-electron chi connectivity index (χ2n) is 3.69. The summed E-state index contributed by atoms with van der Waals surface area (Å²) in [5, 5.41) is 12.1. The SMILES string of the molecule is C[C@H]1CNCc2ccc(C(=O)O)cc2O1. The lowest BCUT2D eigenvalue weighted by Crippen LogP contribution is -2.24. The van der Waals surface area contributed by atoms with Crippen molar-refractivity contribution in [3.05, 3.63) is 29.3 Å². The minimum atomic E-state index is -0.925. The first kappa shape index (κ1) is 9.98. The van der Waals surface area contributed by atoms with E-state index in [1.165, 1.54) is 0 Å². The maximum atomic E-state index is 10.8. The number of carboxylic acids is 1. The second-order valence-corrected chi connectivity index (χ2v) is 3.69. The number of aromatic carboxylic acids is 1. The van der Waals surface area contributed by atoms with Gasteiger partial charge in [-0.2, -0.15) is 0 Å². The molecule has 0 saturated heterocycles. The monoisotopic (exact) mass is 207 g/mol. The molecule has 0 amide bonds. The molecule has 15 heavy (non-hydrogen) atoms. The van der Waals surface area contributed by atoms with E-state index in [-0.39, 0.29) is 11.7 Å². The minimum absolute atomic E-state index is 0.0651. The topological polar surface area (TPSA) is 58.6 Å². The average molecular weight is 207 g/mol. The Morgan fingerprint density at radius 2 is 2.40 bits per heavy atom. The van der Waals surface area contributed by atoms with Crippen LogP contribution in [-0.4, -0.2) is 23.7 Å². The maximum Gasteiger partial charge on any atom is 0.335 e. The predicted octanol–water partition coefficient (Wildman–Crippen LogP) is 1.26. The molecule has 1 aromatic carbocycles. The molecular formula is C11H13NO3. The van der Waals surface area contributed by atoms with E-state index in [2.05, 4.69) is 5.32 Å². The molecule has 0 radical (unpaired) electrons. The van der Waals surface area contributed by atoms with Crippen molar-refractivity contribution in [2.75, 3.05) is 6.54 Å². The van der Waals surface area contributed by atoms with Crippen LogP contribution in [0, 0.1) is 0 Å². The molecular weight excluding hydrogens is 194 g/mol. The van der Waals surface area contributed by atoms with Crippen LogP contribution < -0.4 is 10.1 Å². The Labute approximate surface area is 87.9 Å². The van der Waals surface area contributed by atoms with E-state index >= 15 is 0 Å². The van der Waals surface area contributed by atoms with Crippen LogP contribution in [0.25, 0.3) is 0 Å². The molecule has 4 nitrogen and oxygen atoms in total. The second kappa shape index (κ2) is 3.90. The Bertz CT molecular complexity index is 389. The van der Waals surface area contributed by atoms with Crippen molar-refractivity contribution in [2.24, 2.45) is 0 Å². The number of hydrogen-bond donors (Lipinski definition) is 2. The fraction of sp³-hybridized carbons (Fsp3) is 0.364. The van der Waals surface area contributed by atoms with Gasteiger partial charge >= 0.3 is 5.97 Å². The Hall–Kier alpha value is -1.55. The van der Waals surface area contributed by atoms with Gasteiger partial charge in [-0.25, -0.2) is 4.79 Å². The van der Waals surface area contributed by atoms with Crippen molar-refractivity contribution >= 4 is 5.97 Å². The van der Waals surface area contributed by atoms with Crippen molar-refractivity contribution in [1.29, 1.82) is 0 Å². The van der Waals surface area contributed by atoms with Crippen molar-refractivity contribution in [3.63, 3.8) is 0 Å². The van der Waals surface area contributed by atoms with Crippen molar-refractivity contribution in [1.82, 2.24) is 5.32 Å². The van der Waals surface area contributed by atoms with E-state index in [4.69, 9.17) is 9.84 Å². The summed E-state index contributed by atoms with van der Waals surface area (Å²) in [6, 6.07) is 4.98. The van der Waals surface area contributed by atoms with Crippen molar-refractivity contribution in [2.45, 2.75) is 19.6 Å². The predicted molar refractivity (Wildman–Crippen MR) is 55.2 cm³/mol. The van der Waals surface area contributed by atoms with Crippen LogP contribution in [0.3, 0.4) is 0 Å². The highest BCUT2D eigenvalue weighted by atomic mass is 16.5. The molecule has 0 spiro atoms. The summed E-state index contributed by atoms with van der Waals surface area (Å²) in [6.07, 6.45) is 0.0651. The van der Waals surface area contributed by atoms with Gasteiger partial charge in [0.15, 0.2) is 0 Å². The highest BCUT2D eigenvalue weighted by Crippen LogP contribution is 2.23. The largest absolute Gasteiger partial charge is 0.489 e. The molecule has 1 aliphatic rings. The van der Waals surface area contributed by atoms with Gasteiger partial charge in [-0.15, -0.1) is 0 Å². The Balaban J connectivity index is 2.37. The van der Waals surface area contributed by atoms with Crippen LogP contribution >= 0.6 is 0 Å². The first-order valence-corrected chi connectivity index (χ1v) is 4.90. The Morgan fingerprint density at radius 1 is 1.60 bits per heavy atom. The normalized spacial score (nSPS) is 19.9. The molecule has 1 aliphatic heterocycles. The maximum absolute atomic E-state index is 10.8. The van der Waals surface area contributed by atoms with Crippen LogP contribution in [0.1, 0.15) is 22.8 Å².